The molecule has 1 aromatic rings. The Morgan fingerprint density at radius 2 is 2.20 bits per heavy atom. The van der Waals surface area contributed by atoms with E-state index in [-0.39, 0.29) is 16.7 Å². The molecule has 1 N–H and O–H groups in total. The monoisotopic (exact) mass is 318 g/mol. The smallest absolute Gasteiger partial charge is 0.269 e. The summed E-state index contributed by atoms with van der Waals surface area (Å²) in [7, 11) is -2.98. The van der Waals surface area contributed by atoms with E-state index in [2.05, 4.69) is 5.32 Å². The Morgan fingerprint density at radius 3 is 2.80 bits per heavy atom. The molecule has 0 aliphatic carbocycles. The maximum Gasteiger partial charge on any atom is 0.269 e. The van der Waals surface area contributed by atoms with Gasteiger partial charge in [-0.2, -0.15) is 0 Å². The van der Waals surface area contributed by atoms with Crippen LogP contribution in [-0.2, 0) is 16.4 Å². The molecule has 0 spiro atoms. The number of halogens is 1. The minimum atomic E-state index is -2.98. The van der Waals surface area contributed by atoms with Crippen LogP contribution in [0.15, 0.2) is 18.2 Å². The minimum Gasteiger partial charge on any atom is -0.311 e. The molecule has 1 aliphatic heterocycles. The first-order valence-corrected chi connectivity index (χ1v) is 8.34. The van der Waals surface area contributed by atoms with Gasteiger partial charge in [-0.3, -0.25) is 10.1 Å². The zero-order valence-corrected chi connectivity index (χ0v) is 12.3. The predicted molar refractivity (Wildman–Crippen MR) is 76.6 cm³/mol. The Kier molecular flexibility index (Phi) is 4.62. The van der Waals surface area contributed by atoms with Crippen molar-refractivity contribution in [2.24, 2.45) is 0 Å². The molecule has 1 saturated heterocycles. The van der Waals surface area contributed by atoms with Gasteiger partial charge in [-0.25, -0.2) is 8.42 Å². The van der Waals surface area contributed by atoms with Crippen molar-refractivity contribution >= 4 is 27.1 Å². The molecule has 1 aliphatic rings. The molecule has 20 heavy (non-hydrogen) atoms. The highest BCUT2D eigenvalue weighted by Crippen LogP contribution is 2.23. The molecule has 1 unspecified atom stereocenters. The summed E-state index contributed by atoms with van der Waals surface area (Å²) >= 11 is 5.97. The van der Waals surface area contributed by atoms with E-state index >= 15 is 0 Å². The van der Waals surface area contributed by atoms with Crippen molar-refractivity contribution in [3.05, 3.63) is 38.9 Å². The van der Waals surface area contributed by atoms with Crippen LogP contribution in [-0.4, -0.2) is 30.9 Å². The highest BCUT2D eigenvalue weighted by Gasteiger charge is 2.30. The van der Waals surface area contributed by atoms with E-state index in [1.165, 1.54) is 18.2 Å². The standard InChI is InChI=1S/C12H15ClN2O4S/c13-12-4-3-10(15(16)17)6-9(12)7-14-8-11-2-1-5-20(11,18)19/h3-4,6,11,14H,1-2,5,7-8H2. The largest absolute Gasteiger partial charge is 0.311 e. The highest BCUT2D eigenvalue weighted by atomic mass is 35.5. The van der Waals surface area contributed by atoms with Crippen LogP contribution in [0.5, 0.6) is 0 Å². The van der Waals surface area contributed by atoms with Crippen LogP contribution in [0.2, 0.25) is 5.02 Å². The van der Waals surface area contributed by atoms with Crippen LogP contribution in [0.1, 0.15) is 18.4 Å². The lowest BCUT2D eigenvalue weighted by Crippen LogP contribution is -2.30. The van der Waals surface area contributed by atoms with Crippen molar-refractivity contribution in [2.45, 2.75) is 24.6 Å². The fourth-order valence-electron chi connectivity index (χ4n) is 2.27. The Labute approximate surface area is 122 Å². The molecule has 0 amide bonds. The third kappa shape index (κ3) is 3.47. The quantitative estimate of drug-likeness (QED) is 0.661. The number of non-ortho nitro benzene ring substituents is 1. The van der Waals surface area contributed by atoms with Crippen molar-refractivity contribution in [1.82, 2.24) is 5.32 Å². The van der Waals surface area contributed by atoms with Crippen molar-refractivity contribution in [2.75, 3.05) is 12.3 Å². The summed E-state index contributed by atoms with van der Waals surface area (Å²) in [5.74, 6) is 0.247. The first-order chi connectivity index (χ1) is 9.40. The molecule has 1 fully saturated rings. The van der Waals surface area contributed by atoms with Crippen molar-refractivity contribution in [3.8, 4) is 0 Å². The summed E-state index contributed by atoms with van der Waals surface area (Å²) < 4.78 is 23.3. The first kappa shape index (κ1) is 15.2. The number of sulfone groups is 1. The van der Waals surface area contributed by atoms with Gasteiger partial charge in [0.05, 0.1) is 15.9 Å². The molecular formula is C12H15ClN2O4S. The third-order valence-electron chi connectivity index (χ3n) is 3.39. The second kappa shape index (κ2) is 6.07. The highest BCUT2D eigenvalue weighted by molar-refractivity contribution is 7.92. The number of nitro benzene ring substituents is 1. The number of benzene rings is 1. The molecule has 0 aromatic heterocycles. The molecule has 1 heterocycles. The van der Waals surface area contributed by atoms with Gasteiger partial charge in [0.2, 0.25) is 0 Å². The number of nitro groups is 1. The van der Waals surface area contributed by atoms with E-state index in [1.807, 2.05) is 0 Å². The molecule has 1 aromatic carbocycles. The lowest BCUT2D eigenvalue weighted by atomic mass is 10.2. The van der Waals surface area contributed by atoms with Crippen molar-refractivity contribution in [3.63, 3.8) is 0 Å². The van der Waals surface area contributed by atoms with Crippen LogP contribution >= 0.6 is 11.6 Å². The SMILES string of the molecule is O=[N+]([O-])c1ccc(Cl)c(CNCC2CCCS2(=O)=O)c1. The van der Waals surface area contributed by atoms with E-state index in [1.54, 1.807) is 0 Å². The van der Waals surface area contributed by atoms with Crippen LogP contribution < -0.4 is 5.32 Å². The van der Waals surface area contributed by atoms with Gasteiger partial charge in [0, 0.05) is 30.2 Å². The Balaban J connectivity index is 1.97. The van der Waals surface area contributed by atoms with Gasteiger partial charge < -0.3 is 5.32 Å². The van der Waals surface area contributed by atoms with Gasteiger partial charge in [-0.15, -0.1) is 0 Å². The number of nitrogens with zero attached hydrogens (tertiary/aromatic N) is 1. The zero-order valence-electron chi connectivity index (χ0n) is 10.7. The normalized spacial score (nSPS) is 20.9. The van der Waals surface area contributed by atoms with Crippen LogP contribution in [0.4, 0.5) is 5.69 Å². The summed E-state index contributed by atoms with van der Waals surface area (Å²) in [6.07, 6.45) is 1.37. The van der Waals surface area contributed by atoms with Gasteiger partial charge in [0.15, 0.2) is 9.84 Å². The number of rotatable bonds is 5. The lowest BCUT2D eigenvalue weighted by molar-refractivity contribution is -0.384. The van der Waals surface area contributed by atoms with Crippen LogP contribution in [0.25, 0.3) is 0 Å². The van der Waals surface area contributed by atoms with Gasteiger partial charge in [-0.05, 0) is 24.5 Å². The van der Waals surface area contributed by atoms with Crippen LogP contribution in [0.3, 0.4) is 0 Å². The van der Waals surface area contributed by atoms with Crippen LogP contribution in [0, 0.1) is 10.1 Å². The molecular weight excluding hydrogens is 304 g/mol. The maximum absolute atomic E-state index is 11.7. The van der Waals surface area contributed by atoms with Crippen molar-refractivity contribution in [1.29, 1.82) is 0 Å². The molecule has 0 radical (unpaired) electrons. The third-order valence-corrected chi connectivity index (χ3v) is 6.03. The average Bonchev–Trinajstić information content (AvgIpc) is 2.71. The summed E-state index contributed by atoms with van der Waals surface area (Å²) in [5.41, 5.74) is 0.566. The zero-order chi connectivity index (χ0) is 14.8. The van der Waals surface area contributed by atoms with Gasteiger partial charge in [-0.1, -0.05) is 11.6 Å². The molecule has 0 bridgehead atoms. The van der Waals surface area contributed by atoms with Gasteiger partial charge in [0.1, 0.15) is 0 Å². The summed E-state index contributed by atoms with van der Waals surface area (Å²) in [4.78, 5) is 10.2. The summed E-state index contributed by atoms with van der Waals surface area (Å²) in [5, 5.41) is 13.8. The van der Waals surface area contributed by atoms with E-state index in [0.29, 0.717) is 36.5 Å². The number of hydrogen-bond acceptors (Lipinski definition) is 5. The molecule has 6 nitrogen and oxygen atoms in total. The van der Waals surface area contributed by atoms with E-state index in [0.717, 1.165) is 0 Å². The summed E-state index contributed by atoms with van der Waals surface area (Å²) in [6, 6.07) is 4.22. The van der Waals surface area contributed by atoms with Crippen molar-refractivity contribution < 1.29 is 13.3 Å². The predicted octanol–water partition coefficient (Wildman–Crippen LogP) is 1.92. The minimum absolute atomic E-state index is 0.0281. The Bertz CT molecular complexity index is 618. The molecule has 110 valence electrons. The molecule has 8 heteroatoms. The second-order valence-electron chi connectivity index (χ2n) is 4.79. The average molecular weight is 319 g/mol. The van der Waals surface area contributed by atoms with E-state index in [9.17, 15) is 18.5 Å². The first-order valence-electron chi connectivity index (χ1n) is 6.25. The maximum atomic E-state index is 11.7. The van der Waals surface area contributed by atoms with Gasteiger partial charge >= 0.3 is 0 Å². The molecule has 2 rings (SSSR count). The fourth-order valence-corrected chi connectivity index (χ4v) is 4.25. The molecule has 0 saturated carbocycles. The Morgan fingerprint density at radius 1 is 1.45 bits per heavy atom. The summed E-state index contributed by atoms with van der Waals surface area (Å²) in [6.45, 7) is 0.661. The number of hydrogen-bond donors (Lipinski definition) is 1. The Hall–Kier alpha value is -1.18. The fraction of sp³-hybridized carbons (Fsp3) is 0.500. The molecule has 1 atom stereocenters. The number of nitrogens with one attached hydrogen (secondary N) is 1. The lowest BCUT2D eigenvalue weighted by Gasteiger charge is -2.11. The van der Waals surface area contributed by atoms with E-state index < -0.39 is 14.8 Å². The van der Waals surface area contributed by atoms with E-state index in [4.69, 9.17) is 11.6 Å². The second-order valence-corrected chi connectivity index (χ2v) is 7.60. The topological polar surface area (TPSA) is 89.3 Å². The van der Waals surface area contributed by atoms with Gasteiger partial charge in [0.25, 0.3) is 5.69 Å².